The number of aromatic nitrogens is 1. The smallest absolute Gasteiger partial charge is 0.225 e. The second-order valence-electron chi connectivity index (χ2n) is 5.28. The molecule has 1 aromatic rings. The molecule has 0 aliphatic carbocycles. The van der Waals surface area contributed by atoms with E-state index in [4.69, 9.17) is 0 Å². The number of rotatable bonds is 3. The van der Waals surface area contributed by atoms with Crippen LogP contribution in [0.3, 0.4) is 0 Å². The van der Waals surface area contributed by atoms with Crippen LogP contribution in [0.5, 0.6) is 0 Å². The van der Waals surface area contributed by atoms with E-state index in [0.29, 0.717) is 12.2 Å². The van der Waals surface area contributed by atoms with Crippen LogP contribution in [-0.4, -0.2) is 34.9 Å². The van der Waals surface area contributed by atoms with Gasteiger partial charge in [-0.15, -0.1) is 0 Å². The second kappa shape index (κ2) is 5.99. The zero-order valence-corrected chi connectivity index (χ0v) is 11.4. The summed E-state index contributed by atoms with van der Waals surface area (Å²) in [5, 5.41) is 3.16. The fraction of sp³-hybridized carbons (Fsp3) is 0.571. The molecule has 1 atom stereocenters. The van der Waals surface area contributed by atoms with Gasteiger partial charge in [0.25, 0.3) is 0 Å². The Morgan fingerprint density at radius 3 is 3.05 bits per heavy atom. The summed E-state index contributed by atoms with van der Waals surface area (Å²) in [5.74, 6) is -0.173. The lowest BCUT2D eigenvalue weighted by Crippen LogP contribution is -2.46. The monoisotopic (exact) mass is 265 g/mol. The highest BCUT2D eigenvalue weighted by Crippen LogP contribution is 2.19. The molecule has 1 aromatic heterocycles. The Balaban J connectivity index is 1.98. The average Bonchev–Trinajstić information content (AvgIpc) is 2.41. The molecule has 1 N–H and O–H groups in total. The van der Waals surface area contributed by atoms with E-state index in [1.54, 1.807) is 12.3 Å². The molecule has 4 nitrogen and oxygen atoms in total. The minimum atomic E-state index is -0.352. The van der Waals surface area contributed by atoms with Gasteiger partial charge in [0, 0.05) is 31.2 Å². The first-order valence-corrected chi connectivity index (χ1v) is 6.72. The Labute approximate surface area is 113 Å². The minimum absolute atomic E-state index is 0.0106. The molecule has 1 unspecified atom stereocenters. The molecule has 1 fully saturated rings. The SMILES string of the molecule is CC(C)C(=O)N1CCCC(Nc2ccncc2F)C1. The van der Waals surface area contributed by atoms with E-state index in [-0.39, 0.29) is 23.7 Å². The van der Waals surface area contributed by atoms with E-state index in [1.807, 2.05) is 18.7 Å². The van der Waals surface area contributed by atoms with Crippen molar-refractivity contribution in [2.45, 2.75) is 32.7 Å². The molecule has 104 valence electrons. The molecule has 1 amide bonds. The number of halogens is 1. The van der Waals surface area contributed by atoms with Crippen molar-refractivity contribution in [3.8, 4) is 0 Å². The van der Waals surface area contributed by atoms with Gasteiger partial charge in [-0.2, -0.15) is 0 Å². The van der Waals surface area contributed by atoms with Crippen molar-refractivity contribution in [1.29, 1.82) is 0 Å². The molecular formula is C14H20FN3O. The molecule has 2 rings (SSSR count). The van der Waals surface area contributed by atoms with Crippen LogP contribution in [0.4, 0.5) is 10.1 Å². The molecule has 1 saturated heterocycles. The number of carbonyl (C=O) groups is 1. The topological polar surface area (TPSA) is 45.2 Å². The standard InChI is InChI=1S/C14H20FN3O/c1-10(2)14(19)18-7-3-4-11(9-18)17-13-5-6-16-8-12(13)15/h5-6,8,10-11H,3-4,7,9H2,1-2H3,(H,16,17). The van der Waals surface area contributed by atoms with Crippen molar-refractivity contribution in [3.63, 3.8) is 0 Å². The van der Waals surface area contributed by atoms with Crippen LogP contribution in [0.15, 0.2) is 18.5 Å². The zero-order chi connectivity index (χ0) is 13.8. The molecule has 1 aliphatic rings. The normalized spacial score (nSPS) is 19.6. The van der Waals surface area contributed by atoms with Crippen LogP contribution < -0.4 is 5.32 Å². The number of nitrogens with zero attached hydrogens (tertiary/aromatic N) is 2. The lowest BCUT2D eigenvalue weighted by molar-refractivity contribution is -0.135. The van der Waals surface area contributed by atoms with E-state index in [0.717, 1.165) is 19.4 Å². The first kappa shape index (κ1) is 13.8. The van der Waals surface area contributed by atoms with Crippen LogP contribution in [0.2, 0.25) is 0 Å². The third kappa shape index (κ3) is 3.43. The quantitative estimate of drug-likeness (QED) is 0.912. The van der Waals surface area contributed by atoms with Gasteiger partial charge < -0.3 is 10.2 Å². The highest BCUT2D eigenvalue weighted by Gasteiger charge is 2.25. The summed E-state index contributed by atoms with van der Waals surface area (Å²) in [4.78, 5) is 17.6. The third-order valence-corrected chi connectivity index (χ3v) is 3.36. The van der Waals surface area contributed by atoms with Gasteiger partial charge >= 0.3 is 0 Å². The molecule has 0 saturated carbocycles. The Morgan fingerprint density at radius 1 is 1.58 bits per heavy atom. The summed E-state index contributed by atoms with van der Waals surface area (Å²) in [6.45, 7) is 5.25. The number of hydrogen-bond acceptors (Lipinski definition) is 3. The van der Waals surface area contributed by atoms with Crippen molar-refractivity contribution in [2.75, 3.05) is 18.4 Å². The average molecular weight is 265 g/mol. The summed E-state index contributed by atoms with van der Waals surface area (Å²) in [6.07, 6.45) is 4.65. The highest BCUT2D eigenvalue weighted by molar-refractivity contribution is 5.78. The summed E-state index contributed by atoms with van der Waals surface area (Å²) in [6, 6.07) is 1.73. The molecule has 5 heteroatoms. The van der Waals surface area contributed by atoms with Gasteiger partial charge in [-0.1, -0.05) is 13.8 Å². The van der Waals surface area contributed by atoms with E-state index in [1.165, 1.54) is 6.20 Å². The number of carbonyl (C=O) groups excluding carboxylic acids is 1. The summed E-state index contributed by atoms with van der Waals surface area (Å²) in [7, 11) is 0. The summed E-state index contributed by atoms with van der Waals surface area (Å²) >= 11 is 0. The van der Waals surface area contributed by atoms with Crippen molar-refractivity contribution >= 4 is 11.6 Å². The van der Waals surface area contributed by atoms with E-state index < -0.39 is 0 Å². The van der Waals surface area contributed by atoms with Crippen LogP contribution in [0.1, 0.15) is 26.7 Å². The van der Waals surface area contributed by atoms with E-state index >= 15 is 0 Å². The number of nitrogens with one attached hydrogen (secondary N) is 1. The number of pyridine rings is 1. The molecule has 2 heterocycles. The zero-order valence-electron chi connectivity index (χ0n) is 11.4. The van der Waals surface area contributed by atoms with Crippen molar-refractivity contribution in [2.24, 2.45) is 5.92 Å². The molecule has 0 radical (unpaired) electrons. The predicted octanol–water partition coefficient (Wildman–Crippen LogP) is 2.28. The lowest BCUT2D eigenvalue weighted by atomic mass is 10.0. The Kier molecular flexibility index (Phi) is 4.35. The first-order chi connectivity index (χ1) is 9.08. The molecule has 1 aliphatic heterocycles. The second-order valence-corrected chi connectivity index (χ2v) is 5.28. The van der Waals surface area contributed by atoms with Crippen molar-refractivity contribution in [1.82, 2.24) is 9.88 Å². The molecule has 0 bridgehead atoms. The van der Waals surface area contributed by atoms with E-state index in [9.17, 15) is 9.18 Å². The van der Waals surface area contributed by atoms with Gasteiger partial charge in [-0.05, 0) is 18.9 Å². The van der Waals surface area contributed by atoms with Crippen molar-refractivity contribution < 1.29 is 9.18 Å². The molecule has 0 spiro atoms. The lowest BCUT2D eigenvalue weighted by Gasteiger charge is -2.34. The number of amides is 1. The van der Waals surface area contributed by atoms with Gasteiger partial charge in [0.1, 0.15) is 0 Å². The van der Waals surface area contributed by atoms with Crippen molar-refractivity contribution in [3.05, 3.63) is 24.3 Å². The number of hydrogen-bond donors (Lipinski definition) is 1. The van der Waals surface area contributed by atoms with Gasteiger partial charge in [-0.25, -0.2) is 4.39 Å². The highest BCUT2D eigenvalue weighted by atomic mass is 19.1. The Morgan fingerprint density at radius 2 is 2.37 bits per heavy atom. The van der Waals surface area contributed by atoms with Gasteiger partial charge in [0.15, 0.2) is 5.82 Å². The fourth-order valence-electron chi connectivity index (χ4n) is 2.37. The third-order valence-electron chi connectivity index (χ3n) is 3.36. The largest absolute Gasteiger partial charge is 0.378 e. The number of anilines is 1. The minimum Gasteiger partial charge on any atom is -0.378 e. The Bertz CT molecular complexity index is 450. The number of likely N-dealkylation sites (tertiary alicyclic amines) is 1. The molecular weight excluding hydrogens is 245 g/mol. The van der Waals surface area contributed by atoms with Crippen LogP contribution in [0, 0.1) is 11.7 Å². The maximum absolute atomic E-state index is 13.5. The van der Waals surface area contributed by atoms with Gasteiger partial charge in [0.2, 0.25) is 5.91 Å². The Hall–Kier alpha value is -1.65. The summed E-state index contributed by atoms with van der Waals surface area (Å²) < 4.78 is 13.5. The maximum Gasteiger partial charge on any atom is 0.225 e. The molecule has 19 heavy (non-hydrogen) atoms. The number of piperidine rings is 1. The van der Waals surface area contributed by atoms with Gasteiger partial charge in [-0.3, -0.25) is 9.78 Å². The summed E-state index contributed by atoms with van der Waals surface area (Å²) in [5.41, 5.74) is 0.457. The van der Waals surface area contributed by atoms with Gasteiger partial charge in [0.05, 0.1) is 11.9 Å². The van der Waals surface area contributed by atoms with Crippen LogP contribution in [-0.2, 0) is 4.79 Å². The maximum atomic E-state index is 13.5. The fourth-order valence-corrected chi connectivity index (χ4v) is 2.37. The van der Waals surface area contributed by atoms with Crippen LogP contribution in [0.25, 0.3) is 0 Å². The predicted molar refractivity (Wildman–Crippen MR) is 72.3 cm³/mol. The first-order valence-electron chi connectivity index (χ1n) is 6.72. The van der Waals surface area contributed by atoms with Crippen LogP contribution >= 0.6 is 0 Å². The van der Waals surface area contributed by atoms with E-state index in [2.05, 4.69) is 10.3 Å². The molecule has 0 aromatic carbocycles.